The lowest BCUT2D eigenvalue weighted by Gasteiger charge is -2.34. The maximum Gasteiger partial charge on any atom is 0.223 e. The molecule has 2 amide bonds. The van der Waals surface area contributed by atoms with Crippen molar-refractivity contribution in [3.05, 3.63) is 18.3 Å². The number of carbonyl (C=O) groups is 2. The van der Waals surface area contributed by atoms with Crippen LogP contribution in [0.15, 0.2) is 18.3 Å². The molecule has 10 heteroatoms. The summed E-state index contributed by atoms with van der Waals surface area (Å²) in [6, 6.07) is 3.87. The number of hydrogen-bond acceptors (Lipinski definition) is 8. The fraction of sp³-hybridized carbons (Fsp3) is 0.667. The summed E-state index contributed by atoms with van der Waals surface area (Å²) in [4.78, 5) is 43.8. The van der Waals surface area contributed by atoms with Gasteiger partial charge < -0.3 is 24.9 Å². The van der Waals surface area contributed by atoms with Crippen molar-refractivity contribution >= 4 is 38.6 Å². The first-order chi connectivity index (χ1) is 16.6. The van der Waals surface area contributed by atoms with Crippen LogP contribution < -0.4 is 10.2 Å². The van der Waals surface area contributed by atoms with Crippen molar-refractivity contribution in [1.29, 1.82) is 0 Å². The maximum atomic E-state index is 12.6. The molecule has 2 aliphatic heterocycles. The minimum Gasteiger partial charge on any atom is -0.356 e. The Balaban J connectivity index is 1.07. The molecule has 4 rings (SSSR count). The molecule has 0 bridgehead atoms. The molecular weight excluding hydrogens is 450 g/mol. The molecule has 9 nitrogen and oxygen atoms in total. The first-order valence-corrected chi connectivity index (χ1v) is 13.4. The zero-order valence-electron chi connectivity index (χ0n) is 20.2. The van der Waals surface area contributed by atoms with Crippen LogP contribution in [-0.2, 0) is 9.59 Å². The summed E-state index contributed by atoms with van der Waals surface area (Å²) in [6.45, 7) is 12.5. The van der Waals surface area contributed by atoms with E-state index in [1.165, 1.54) is 13.0 Å². The van der Waals surface area contributed by atoms with Crippen molar-refractivity contribution in [3.8, 4) is 0 Å². The molecule has 0 aromatic carbocycles. The van der Waals surface area contributed by atoms with E-state index in [0.29, 0.717) is 19.6 Å². The highest BCUT2D eigenvalue weighted by Gasteiger charge is 2.23. The highest BCUT2D eigenvalue weighted by Crippen LogP contribution is 2.27. The Bertz CT molecular complexity index is 903. The Labute approximate surface area is 206 Å². The fourth-order valence-electron chi connectivity index (χ4n) is 4.59. The summed E-state index contributed by atoms with van der Waals surface area (Å²) in [6.07, 6.45) is 4.49. The molecule has 0 spiro atoms. The lowest BCUT2D eigenvalue weighted by atomic mass is 10.2. The van der Waals surface area contributed by atoms with Crippen molar-refractivity contribution in [2.24, 2.45) is 0 Å². The summed E-state index contributed by atoms with van der Waals surface area (Å²) in [5.41, 5.74) is 0.918. The smallest absolute Gasteiger partial charge is 0.223 e. The van der Waals surface area contributed by atoms with Crippen molar-refractivity contribution in [1.82, 2.24) is 30.0 Å². The van der Waals surface area contributed by atoms with Gasteiger partial charge in [0.05, 0.1) is 0 Å². The molecule has 0 unspecified atom stereocenters. The van der Waals surface area contributed by atoms with Gasteiger partial charge in [-0.3, -0.25) is 9.59 Å². The summed E-state index contributed by atoms with van der Waals surface area (Å²) >= 11 is 1.59. The summed E-state index contributed by atoms with van der Waals surface area (Å²) in [7, 11) is 0. The van der Waals surface area contributed by atoms with Crippen molar-refractivity contribution in [3.63, 3.8) is 0 Å². The predicted molar refractivity (Wildman–Crippen MR) is 136 cm³/mol. The Hall–Kier alpha value is -2.30. The molecule has 0 radical (unpaired) electrons. The SMILES string of the molecule is CCCN1CCN(CCCNC(=O)CCC(=O)N2CCN(c3nc4cccnc4s3)CC2)CC1. The summed E-state index contributed by atoms with van der Waals surface area (Å²) < 4.78 is 0. The van der Waals surface area contributed by atoms with E-state index in [-0.39, 0.29) is 24.7 Å². The van der Waals surface area contributed by atoms with Gasteiger partial charge in [0.25, 0.3) is 0 Å². The predicted octanol–water partition coefficient (Wildman–Crippen LogP) is 1.65. The zero-order chi connectivity index (χ0) is 23.8. The molecule has 0 atom stereocenters. The molecular formula is C24H37N7O2S. The third-order valence-electron chi connectivity index (χ3n) is 6.60. The van der Waals surface area contributed by atoms with Gasteiger partial charge in [0.2, 0.25) is 11.8 Å². The minimum atomic E-state index is -0.0262. The average molecular weight is 488 g/mol. The molecule has 2 aliphatic rings. The molecule has 1 N–H and O–H groups in total. The van der Waals surface area contributed by atoms with Gasteiger partial charge in [0.15, 0.2) is 5.13 Å². The monoisotopic (exact) mass is 487 g/mol. The third kappa shape index (κ3) is 6.86. The first-order valence-electron chi connectivity index (χ1n) is 12.6. The number of piperazine rings is 2. The Kier molecular flexibility index (Phi) is 9.06. The molecule has 4 heterocycles. The highest BCUT2D eigenvalue weighted by molar-refractivity contribution is 7.21. The molecule has 0 aliphatic carbocycles. The van der Waals surface area contributed by atoms with Crippen LogP contribution >= 0.6 is 11.3 Å². The van der Waals surface area contributed by atoms with E-state index in [4.69, 9.17) is 0 Å². The number of hydrogen-bond donors (Lipinski definition) is 1. The minimum absolute atomic E-state index is 0.0262. The number of aromatic nitrogens is 2. The van der Waals surface area contributed by atoms with E-state index >= 15 is 0 Å². The van der Waals surface area contributed by atoms with E-state index in [2.05, 4.69) is 36.9 Å². The Morgan fingerprint density at radius 3 is 2.44 bits per heavy atom. The van der Waals surface area contributed by atoms with E-state index in [1.807, 2.05) is 17.0 Å². The van der Waals surface area contributed by atoms with Crippen LogP contribution in [0.1, 0.15) is 32.6 Å². The second kappa shape index (κ2) is 12.4. The molecule has 34 heavy (non-hydrogen) atoms. The fourth-order valence-corrected chi connectivity index (χ4v) is 5.55. The maximum absolute atomic E-state index is 12.6. The van der Waals surface area contributed by atoms with Gasteiger partial charge >= 0.3 is 0 Å². The van der Waals surface area contributed by atoms with Gasteiger partial charge in [0, 0.05) is 77.9 Å². The zero-order valence-corrected chi connectivity index (χ0v) is 21.1. The number of nitrogens with one attached hydrogen (secondary N) is 1. The Morgan fingerprint density at radius 1 is 1.00 bits per heavy atom. The van der Waals surface area contributed by atoms with Crippen LogP contribution in [0.2, 0.25) is 0 Å². The lowest BCUT2D eigenvalue weighted by Crippen LogP contribution is -2.49. The highest BCUT2D eigenvalue weighted by atomic mass is 32.1. The number of pyridine rings is 1. The van der Waals surface area contributed by atoms with E-state index < -0.39 is 0 Å². The molecule has 2 fully saturated rings. The summed E-state index contributed by atoms with van der Waals surface area (Å²) in [5, 5.41) is 3.94. The van der Waals surface area contributed by atoms with Crippen LogP contribution in [0, 0.1) is 0 Å². The van der Waals surface area contributed by atoms with Gasteiger partial charge in [-0.25, -0.2) is 9.97 Å². The number of thiazole rings is 1. The quantitative estimate of drug-likeness (QED) is 0.510. The average Bonchev–Trinajstić information content (AvgIpc) is 3.31. The van der Waals surface area contributed by atoms with Gasteiger partial charge in [0.1, 0.15) is 10.3 Å². The van der Waals surface area contributed by atoms with Crippen LogP contribution in [0.4, 0.5) is 5.13 Å². The van der Waals surface area contributed by atoms with Gasteiger partial charge in [-0.2, -0.15) is 0 Å². The second-order valence-electron chi connectivity index (χ2n) is 9.08. The van der Waals surface area contributed by atoms with Crippen LogP contribution in [0.25, 0.3) is 10.3 Å². The van der Waals surface area contributed by atoms with Crippen LogP contribution in [-0.4, -0.2) is 108 Å². The molecule has 2 aromatic rings. The van der Waals surface area contributed by atoms with Crippen molar-refractivity contribution in [2.45, 2.75) is 32.6 Å². The van der Waals surface area contributed by atoms with Crippen molar-refractivity contribution < 1.29 is 9.59 Å². The van der Waals surface area contributed by atoms with Gasteiger partial charge in [-0.1, -0.05) is 18.3 Å². The van der Waals surface area contributed by atoms with Gasteiger partial charge in [-0.15, -0.1) is 0 Å². The number of fused-ring (bicyclic) bond motifs is 1. The molecule has 0 saturated carbocycles. The number of amides is 2. The lowest BCUT2D eigenvalue weighted by molar-refractivity contribution is -0.133. The topological polar surface area (TPSA) is 84.9 Å². The van der Waals surface area contributed by atoms with E-state index in [1.54, 1.807) is 17.5 Å². The molecule has 186 valence electrons. The van der Waals surface area contributed by atoms with Crippen molar-refractivity contribution in [2.75, 3.05) is 76.9 Å². The van der Waals surface area contributed by atoms with Crippen LogP contribution in [0.5, 0.6) is 0 Å². The molecule has 2 aromatic heterocycles. The summed E-state index contributed by atoms with van der Waals surface area (Å²) in [5.74, 6) is 0.0347. The molecule has 2 saturated heterocycles. The van der Waals surface area contributed by atoms with E-state index in [9.17, 15) is 9.59 Å². The normalized spacial score (nSPS) is 17.9. The van der Waals surface area contributed by atoms with Gasteiger partial charge in [-0.05, 0) is 38.1 Å². The standard InChI is InChI=1S/C24H37N7O2S/c1-2-10-28-12-14-29(15-13-28)11-4-9-25-21(32)6-7-22(33)30-16-18-31(19-17-30)24-27-20-5-3-8-26-23(20)34-24/h3,5,8H,2,4,6-7,9-19H2,1H3,(H,25,32). The van der Waals surface area contributed by atoms with E-state index in [0.717, 1.165) is 67.7 Å². The first kappa shape index (κ1) is 24.8. The second-order valence-corrected chi connectivity index (χ2v) is 10.0. The number of nitrogens with zero attached hydrogens (tertiary/aromatic N) is 6. The Morgan fingerprint density at radius 2 is 1.74 bits per heavy atom. The largest absolute Gasteiger partial charge is 0.356 e. The number of anilines is 1. The number of rotatable bonds is 10. The third-order valence-corrected chi connectivity index (χ3v) is 7.64. The van der Waals surface area contributed by atoms with Crippen LogP contribution in [0.3, 0.4) is 0 Å². The number of carbonyl (C=O) groups excluding carboxylic acids is 2.